The van der Waals surface area contributed by atoms with Crippen LogP contribution in [0.4, 0.5) is 17.6 Å². The quantitative estimate of drug-likeness (QED) is 0.552. The summed E-state index contributed by atoms with van der Waals surface area (Å²) < 4.78 is 59.6. The predicted octanol–water partition coefficient (Wildman–Crippen LogP) is 4.43. The molecule has 1 aliphatic rings. The van der Waals surface area contributed by atoms with Gasteiger partial charge in [0.05, 0.1) is 29.0 Å². The van der Waals surface area contributed by atoms with E-state index in [1.807, 2.05) is 6.07 Å². The van der Waals surface area contributed by atoms with E-state index < -0.39 is 52.4 Å². The summed E-state index contributed by atoms with van der Waals surface area (Å²) in [4.78, 5) is 16.7. The zero-order chi connectivity index (χ0) is 22.0. The standard InChI is InChI=1S/C20H22F4N2O3/c1-11-14(10-25)17(13-7-6-12(21)9-15(13)20(22,23)24)19(2,18(27)28)16(26-11)5-4-8-29-3/h6-7,9,14,16-17H,4-5,8H2,1-3H3,(H,27,28). The maximum Gasteiger partial charge on any atom is 0.416 e. The fraction of sp³-hybridized carbons (Fsp3) is 0.550. The van der Waals surface area contributed by atoms with Gasteiger partial charge in [-0.15, -0.1) is 0 Å². The molecule has 158 valence electrons. The lowest BCUT2D eigenvalue weighted by Crippen LogP contribution is -2.51. The van der Waals surface area contributed by atoms with E-state index in [0.29, 0.717) is 19.1 Å². The summed E-state index contributed by atoms with van der Waals surface area (Å²) in [6.45, 7) is 3.14. The van der Waals surface area contributed by atoms with Gasteiger partial charge in [0, 0.05) is 25.3 Å². The molecule has 0 saturated carbocycles. The summed E-state index contributed by atoms with van der Waals surface area (Å²) in [6.07, 6.45) is -4.21. The molecule has 1 aromatic carbocycles. The highest BCUT2D eigenvalue weighted by Gasteiger charge is 2.56. The largest absolute Gasteiger partial charge is 0.481 e. The minimum Gasteiger partial charge on any atom is -0.481 e. The van der Waals surface area contributed by atoms with E-state index in [4.69, 9.17) is 4.74 Å². The third-order valence-corrected chi connectivity index (χ3v) is 5.56. The highest BCUT2D eigenvalue weighted by atomic mass is 19.4. The monoisotopic (exact) mass is 414 g/mol. The second-order valence-electron chi connectivity index (χ2n) is 7.32. The molecule has 0 radical (unpaired) electrons. The summed E-state index contributed by atoms with van der Waals surface area (Å²) in [5.41, 5.74) is -3.23. The van der Waals surface area contributed by atoms with Crippen LogP contribution in [0.3, 0.4) is 0 Å². The lowest BCUT2D eigenvalue weighted by atomic mass is 9.59. The number of hydrogen-bond donors (Lipinski definition) is 1. The molecule has 0 amide bonds. The van der Waals surface area contributed by atoms with Crippen LogP contribution in [0, 0.1) is 28.5 Å². The first-order chi connectivity index (χ1) is 13.5. The fourth-order valence-corrected chi connectivity index (χ4v) is 4.03. The van der Waals surface area contributed by atoms with E-state index in [0.717, 1.165) is 12.1 Å². The van der Waals surface area contributed by atoms with Gasteiger partial charge in [-0.25, -0.2) is 4.39 Å². The van der Waals surface area contributed by atoms with Crippen LogP contribution in [-0.2, 0) is 15.7 Å². The van der Waals surface area contributed by atoms with Gasteiger partial charge in [0.25, 0.3) is 0 Å². The first kappa shape index (κ1) is 22.8. The molecule has 1 heterocycles. The molecule has 0 aromatic heterocycles. The van der Waals surface area contributed by atoms with Crippen LogP contribution in [0.5, 0.6) is 0 Å². The summed E-state index contributed by atoms with van der Waals surface area (Å²) in [5.74, 6) is -5.00. The van der Waals surface area contributed by atoms with Crippen LogP contribution in [0.25, 0.3) is 0 Å². The van der Waals surface area contributed by atoms with Gasteiger partial charge in [-0.2, -0.15) is 18.4 Å². The number of aliphatic imine (C=N–C) groups is 1. The molecule has 5 nitrogen and oxygen atoms in total. The van der Waals surface area contributed by atoms with Gasteiger partial charge in [0.1, 0.15) is 5.82 Å². The zero-order valence-electron chi connectivity index (χ0n) is 16.3. The number of methoxy groups -OCH3 is 1. The first-order valence-electron chi connectivity index (χ1n) is 9.01. The Morgan fingerprint density at radius 2 is 2.07 bits per heavy atom. The summed E-state index contributed by atoms with van der Waals surface area (Å²) in [6, 6.07) is 3.17. The number of ether oxygens (including phenoxy) is 1. The Labute approximate surface area is 166 Å². The Hall–Kier alpha value is -2.47. The molecule has 0 aliphatic carbocycles. The van der Waals surface area contributed by atoms with Crippen molar-refractivity contribution in [2.24, 2.45) is 16.3 Å². The van der Waals surface area contributed by atoms with Crippen LogP contribution in [0.1, 0.15) is 43.7 Å². The van der Waals surface area contributed by atoms with E-state index >= 15 is 0 Å². The summed E-state index contributed by atoms with van der Waals surface area (Å²) in [5, 5.41) is 19.7. The van der Waals surface area contributed by atoms with Crippen molar-refractivity contribution in [3.8, 4) is 6.07 Å². The number of carboxylic acids is 1. The smallest absolute Gasteiger partial charge is 0.416 e. The number of rotatable bonds is 6. The van der Waals surface area contributed by atoms with Gasteiger partial charge in [0.2, 0.25) is 0 Å². The van der Waals surface area contributed by atoms with Gasteiger partial charge in [0.15, 0.2) is 0 Å². The predicted molar refractivity (Wildman–Crippen MR) is 97.0 cm³/mol. The maximum absolute atomic E-state index is 13.7. The van der Waals surface area contributed by atoms with Crippen molar-refractivity contribution in [3.63, 3.8) is 0 Å². The number of halogens is 4. The van der Waals surface area contributed by atoms with Gasteiger partial charge in [-0.1, -0.05) is 6.07 Å². The van der Waals surface area contributed by atoms with Crippen LogP contribution < -0.4 is 0 Å². The highest BCUT2D eigenvalue weighted by Crippen LogP contribution is 2.52. The molecule has 4 unspecified atom stereocenters. The van der Waals surface area contributed by atoms with Crippen molar-refractivity contribution in [1.82, 2.24) is 0 Å². The number of aliphatic carboxylic acids is 1. The molecule has 0 saturated heterocycles. The first-order valence-corrected chi connectivity index (χ1v) is 9.01. The Bertz CT molecular complexity index is 847. The molecule has 0 fully saturated rings. The lowest BCUT2D eigenvalue weighted by molar-refractivity contribution is -0.153. The van der Waals surface area contributed by atoms with Crippen molar-refractivity contribution < 1.29 is 32.2 Å². The SMILES string of the molecule is COCCCC1N=C(C)C(C#N)C(c2ccc(F)cc2C(F)(F)F)C1(C)C(=O)O. The molecular weight excluding hydrogens is 392 g/mol. The second kappa shape index (κ2) is 8.49. The Morgan fingerprint density at radius 1 is 1.41 bits per heavy atom. The maximum atomic E-state index is 13.7. The average molecular weight is 414 g/mol. The van der Waals surface area contributed by atoms with Gasteiger partial charge in [-0.3, -0.25) is 9.79 Å². The van der Waals surface area contributed by atoms with Crippen molar-refractivity contribution in [2.75, 3.05) is 13.7 Å². The van der Waals surface area contributed by atoms with Crippen LogP contribution >= 0.6 is 0 Å². The highest BCUT2D eigenvalue weighted by molar-refractivity contribution is 5.92. The average Bonchev–Trinajstić information content (AvgIpc) is 2.63. The molecular formula is C20H22F4N2O3. The van der Waals surface area contributed by atoms with Crippen molar-refractivity contribution in [3.05, 3.63) is 35.1 Å². The molecule has 1 N–H and O–H groups in total. The minimum atomic E-state index is -4.91. The number of carbonyl (C=O) groups is 1. The number of nitriles is 1. The van der Waals surface area contributed by atoms with Gasteiger partial charge >= 0.3 is 12.1 Å². The number of nitrogens with zero attached hydrogens (tertiary/aromatic N) is 2. The second-order valence-corrected chi connectivity index (χ2v) is 7.32. The number of carboxylic acid groups (broad SMARTS) is 1. The molecule has 0 bridgehead atoms. The molecule has 9 heteroatoms. The number of benzene rings is 1. The molecule has 29 heavy (non-hydrogen) atoms. The fourth-order valence-electron chi connectivity index (χ4n) is 4.03. The lowest BCUT2D eigenvalue weighted by Gasteiger charge is -2.45. The van der Waals surface area contributed by atoms with Gasteiger partial charge in [-0.05, 0) is 44.4 Å². The van der Waals surface area contributed by atoms with E-state index in [9.17, 15) is 32.7 Å². The normalized spacial score (nSPS) is 27.2. The topological polar surface area (TPSA) is 82.7 Å². The van der Waals surface area contributed by atoms with Crippen LogP contribution in [0.15, 0.2) is 23.2 Å². The third kappa shape index (κ3) is 4.27. The third-order valence-electron chi connectivity index (χ3n) is 5.56. The van der Waals surface area contributed by atoms with E-state index in [1.165, 1.54) is 21.0 Å². The molecule has 2 rings (SSSR count). The molecule has 1 aromatic rings. The van der Waals surface area contributed by atoms with Crippen LogP contribution in [0.2, 0.25) is 0 Å². The number of hydrogen-bond acceptors (Lipinski definition) is 4. The van der Waals surface area contributed by atoms with E-state index in [2.05, 4.69) is 4.99 Å². The van der Waals surface area contributed by atoms with Crippen molar-refractivity contribution in [2.45, 2.75) is 44.8 Å². The zero-order valence-corrected chi connectivity index (χ0v) is 16.3. The van der Waals surface area contributed by atoms with Crippen molar-refractivity contribution in [1.29, 1.82) is 5.26 Å². The van der Waals surface area contributed by atoms with E-state index in [1.54, 1.807) is 0 Å². The number of alkyl halides is 3. The molecule has 1 aliphatic heterocycles. The van der Waals surface area contributed by atoms with E-state index in [-0.39, 0.29) is 12.1 Å². The molecule has 4 atom stereocenters. The molecule has 0 spiro atoms. The minimum absolute atomic E-state index is 0.255. The van der Waals surface area contributed by atoms with Gasteiger partial charge < -0.3 is 9.84 Å². The summed E-state index contributed by atoms with van der Waals surface area (Å²) in [7, 11) is 1.48. The Balaban J connectivity index is 2.74. The van der Waals surface area contributed by atoms with Crippen molar-refractivity contribution >= 4 is 11.7 Å². The summed E-state index contributed by atoms with van der Waals surface area (Å²) >= 11 is 0. The van der Waals surface area contributed by atoms with Crippen LogP contribution in [-0.4, -0.2) is 36.5 Å². The Morgan fingerprint density at radius 3 is 2.59 bits per heavy atom. The Kier molecular flexibility index (Phi) is 6.68.